The summed E-state index contributed by atoms with van der Waals surface area (Å²) in [4.78, 5) is 1.27. The third-order valence-electron chi connectivity index (χ3n) is 5.95. The van der Waals surface area contributed by atoms with Gasteiger partial charge in [0.15, 0.2) is 0 Å². The number of aliphatic hydroxyl groups excluding tert-OH is 1. The molecule has 1 aliphatic heterocycles. The predicted molar refractivity (Wildman–Crippen MR) is 118 cm³/mol. The maximum absolute atomic E-state index is 11.8. The quantitative estimate of drug-likeness (QED) is 0.536. The second-order valence-electron chi connectivity index (χ2n) is 7.49. The Morgan fingerprint density at radius 2 is 2.04 bits per heavy atom. The molecule has 2 nitrogen and oxygen atoms in total. The van der Waals surface area contributed by atoms with Gasteiger partial charge in [0.25, 0.3) is 0 Å². The van der Waals surface area contributed by atoms with Gasteiger partial charge in [0.05, 0.1) is 13.2 Å². The molecule has 0 bridgehead atoms. The minimum absolute atomic E-state index is 0.0561. The van der Waals surface area contributed by atoms with Crippen LogP contribution in [0.5, 0.6) is 5.75 Å². The van der Waals surface area contributed by atoms with Gasteiger partial charge in [-0.25, -0.2) is 0 Å². The number of unbranched alkanes of at least 4 members (excludes halogenated alkanes) is 1. The Balaban J connectivity index is 2.15. The minimum atomic E-state index is -0.427. The van der Waals surface area contributed by atoms with E-state index in [0.717, 1.165) is 47.2 Å². The first-order chi connectivity index (χ1) is 13.0. The second kappa shape index (κ2) is 9.02. The lowest BCUT2D eigenvalue weighted by molar-refractivity contribution is 0.0182. The number of aliphatic hydroxyl groups is 1. The first kappa shape index (κ1) is 20.8. The highest BCUT2D eigenvalue weighted by atomic mass is 79.9. The Bertz CT molecular complexity index is 779. The van der Waals surface area contributed by atoms with Crippen molar-refractivity contribution in [2.24, 2.45) is 5.41 Å². The maximum Gasteiger partial charge on any atom is 0.119 e. The number of thioether (sulfide) groups is 1. The Labute approximate surface area is 175 Å². The van der Waals surface area contributed by atoms with E-state index in [2.05, 4.69) is 60.1 Å². The number of hydrogen-bond donors (Lipinski definition) is 1. The molecular weight excluding hydrogens is 420 g/mol. The smallest absolute Gasteiger partial charge is 0.119 e. The molecule has 4 heteroatoms. The van der Waals surface area contributed by atoms with Gasteiger partial charge in [-0.2, -0.15) is 0 Å². The van der Waals surface area contributed by atoms with Crippen molar-refractivity contribution in [1.29, 1.82) is 0 Å². The van der Waals surface area contributed by atoms with Crippen LogP contribution >= 0.6 is 27.7 Å². The van der Waals surface area contributed by atoms with Crippen molar-refractivity contribution in [3.8, 4) is 5.75 Å². The average molecular weight is 449 g/mol. The van der Waals surface area contributed by atoms with Crippen molar-refractivity contribution in [3.05, 3.63) is 58.1 Å². The molecule has 0 saturated carbocycles. The van der Waals surface area contributed by atoms with Gasteiger partial charge in [0.1, 0.15) is 5.75 Å². The molecule has 0 saturated heterocycles. The van der Waals surface area contributed by atoms with E-state index in [0.29, 0.717) is 0 Å². The fraction of sp³-hybridized carbons (Fsp3) is 0.478. The summed E-state index contributed by atoms with van der Waals surface area (Å²) in [5.41, 5.74) is 2.25. The van der Waals surface area contributed by atoms with Crippen molar-refractivity contribution in [3.63, 3.8) is 0 Å². The highest BCUT2D eigenvalue weighted by Gasteiger charge is 2.44. The molecule has 0 amide bonds. The molecule has 146 valence electrons. The summed E-state index contributed by atoms with van der Waals surface area (Å²) >= 11 is 5.54. The molecule has 3 rings (SSSR count). The van der Waals surface area contributed by atoms with Gasteiger partial charge in [-0.05, 0) is 54.3 Å². The summed E-state index contributed by atoms with van der Waals surface area (Å²) in [5.74, 6) is 1.74. The molecule has 2 aromatic carbocycles. The van der Waals surface area contributed by atoms with Crippen LogP contribution in [0.2, 0.25) is 0 Å². The number of hydrogen-bond acceptors (Lipinski definition) is 3. The zero-order chi connectivity index (χ0) is 19.4. The molecule has 1 heterocycles. The number of rotatable bonds is 6. The van der Waals surface area contributed by atoms with E-state index in [1.54, 1.807) is 7.11 Å². The summed E-state index contributed by atoms with van der Waals surface area (Å²) in [5, 5.41) is 11.8. The first-order valence-electron chi connectivity index (χ1n) is 9.79. The third kappa shape index (κ3) is 4.23. The molecule has 0 aromatic heterocycles. The van der Waals surface area contributed by atoms with E-state index in [-0.39, 0.29) is 11.3 Å². The van der Waals surface area contributed by atoms with Gasteiger partial charge in [-0.15, -0.1) is 11.8 Å². The topological polar surface area (TPSA) is 29.5 Å². The Kier molecular flexibility index (Phi) is 6.93. The molecule has 0 fully saturated rings. The maximum atomic E-state index is 11.8. The average Bonchev–Trinajstić information content (AvgIpc) is 2.81. The van der Waals surface area contributed by atoms with Gasteiger partial charge in [0.2, 0.25) is 0 Å². The van der Waals surface area contributed by atoms with E-state index in [9.17, 15) is 5.11 Å². The minimum Gasteiger partial charge on any atom is -0.497 e. The monoisotopic (exact) mass is 448 g/mol. The lowest BCUT2D eigenvalue weighted by Gasteiger charge is -2.40. The van der Waals surface area contributed by atoms with Crippen LogP contribution in [0.1, 0.15) is 56.6 Å². The Morgan fingerprint density at radius 1 is 1.22 bits per heavy atom. The molecule has 0 spiro atoms. The second-order valence-corrected chi connectivity index (χ2v) is 9.42. The summed E-state index contributed by atoms with van der Waals surface area (Å²) in [6, 6.07) is 14.7. The van der Waals surface area contributed by atoms with E-state index in [4.69, 9.17) is 4.74 Å². The van der Waals surface area contributed by atoms with Gasteiger partial charge in [0, 0.05) is 26.5 Å². The Hall–Kier alpha value is -0.970. The van der Waals surface area contributed by atoms with Crippen LogP contribution in [0, 0.1) is 5.41 Å². The summed E-state index contributed by atoms with van der Waals surface area (Å²) in [6.45, 7) is 4.46. The van der Waals surface area contributed by atoms with Crippen molar-refractivity contribution >= 4 is 27.7 Å². The van der Waals surface area contributed by atoms with Crippen LogP contribution in [0.15, 0.2) is 51.8 Å². The lowest BCUT2D eigenvalue weighted by atomic mass is 9.69. The standard InChI is InChI=1S/C23H29BrO2S/c1-4-6-12-23(5-2)15-27-20-11-10-17(24)14-19(20)21(22(23)25)16-8-7-9-18(13-16)26-3/h7-11,13-14,21-22,25H,4-6,12,15H2,1-3H3/t21-,22?,23+/m0/s1. The molecule has 1 unspecified atom stereocenters. The number of methoxy groups -OCH3 is 1. The number of fused-ring (bicyclic) bond motifs is 1. The van der Waals surface area contributed by atoms with E-state index < -0.39 is 6.10 Å². The molecular formula is C23H29BrO2S. The lowest BCUT2D eigenvalue weighted by Crippen LogP contribution is -2.40. The fourth-order valence-corrected chi connectivity index (χ4v) is 6.02. The highest BCUT2D eigenvalue weighted by Crippen LogP contribution is 2.51. The fourth-order valence-electron chi connectivity index (χ4n) is 4.16. The first-order valence-corrected chi connectivity index (χ1v) is 11.6. The third-order valence-corrected chi connectivity index (χ3v) is 7.85. The van der Waals surface area contributed by atoms with E-state index in [1.165, 1.54) is 10.5 Å². The highest BCUT2D eigenvalue weighted by molar-refractivity contribution is 9.10. The van der Waals surface area contributed by atoms with Gasteiger partial charge < -0.3 is 9.84 Å². The summed E-state index contributed by atoms with van der Waals surface area (Å²) < 4.78 is 6.53. The number of benzene rings is 2. The number of ether oxygens (including phenoxy) is 1. The molecule has 27 heavy (non-hydrogen) atoms. The zero-order valence-corrected chi connectivity index (χ0v) is 18.8. The van der Waals surface area contributed by atoms with Gasteiger partial charge in [-0.3, -0.25) is 0 Å². The Morgan fingerprint density at radius 3 is 2.74 bits per heavy atom. The molecule has 1 aliphatic rings. The normalized spacial score (nSPS) is 24.9. The largest absolute Gasteiger partial charge is 0.497 e. The predicted octanol–water partition coefficient (Wildman–Crippen LogP) is 6.64. The van der Waals surface area contributed by atoms with Crippen molar-refractivity contribution in [1.82, 2.24) is 0 Å². The van der Waals surface area contributed by atoms with Crippen molar-refractivity contribution < 1.29 is 9.84 Å². The van der Waals surface area contributed by atoms with Crippen LogP contribution < -0.4 is 4.74 Å². The van der Waals surface area contributed by atoms with Crippen LogP contribution in [-0.2, 0) is 0 Å². The molecule has 0 radical (unpaired) electrons. The SMILES string of the molecule is CCCC[C@]1(CC)CSc2ccc(Br)cc2[C@H](c2cccc(OC)c2)C1O. The van der Waals surface area contributed by atoms with Crippen LogP contribution in [0.25, 0.3) is 0 Å². The molecule has 3 atom stereocenters. The summed E-state index contributed by atoms with van der Waals surface area (Å²) in [7, 11) is 1.70. The molecule has 0 aliphatic carbocycles. The molecule has 1 N–H and O–H groups in total. The van der Waals surface area contributed by atoms with E-state index in [1.807, 2.05) is 23.9 Å². The summed E-state index contributed by atoms with van der Waals surface area (Å²) in [6.07, 6.45) is 3.92. The molecule has 2 aromatic rings. The van der Waals surface area contributed by atoms with Gasteiger partial charge in [-0.1, -0.05) is 54.8 Å². The number of halogens is 1. The van der Waals surface area contributed by atoms with Crippen LogP contribution in [0.4, 0.5) is 0 Å². The van der Waals surface area contributed by atoms with E-state index >= 15 is 0 Å². The van der Waals surface area contributed by atoms with Crippen LogP contribution in [0.3, 0.4) is 0 Å². The van der Waals surface area contributed by atoms with Crippen LogP contribution in [-0.4, -0.2) is 24.1 Å². The van der Waals surface area contributed by atoms with Gasteiger partial charge >= 0.3 is 0 Å². The van der Waals surface area contributed by atoms with Crippen molar-refractivity contribution in [2.45, 2.75) is 56.4 Å². The van der Waals surface area contributed by atoms with Crippen molar-refractivity contribution in [2.75, 3.05) is 12.9 Å². The zero-order valence-electron chi connectivity index (χ0n) is 16.4.